The Morgan fingerprint density at radius 2 is 2.33 bits per heavy atom. The molecule has 0 amide bonds. The minimum Gasteiger partial charge on any atom is -0.362 e. The van der Waals surface area contributed by atoms with Crippen LogP contribution in [0.2, 0.25) is 0 Å². The van der Waals surface area contributed by atoms with Crippen molar-refractivity contribution in [2.24, 2.45) is 5.10 Å². The van der Waals surface area contributed by atoms with Gasteiger partial charge in [-0.05, 0) is 42.9 Å². The van der Waals surface area contributed by atoms with Crippen LogP contribution in [-0.4, -0.2) is 22.9 Å². The fourth-order valence-electron chi connectivity index (χ4n) is 1.54. The third-order valence-electron chi connectivity index (χ3n) is 2.34. The van der Waals surface area contributed by atoms with Crippen molar-refractivity contribution in [2.75, 3.05) is 6.54 Å². The van der Waals surface area contributed by atoms with Crippen LogP contribution in [0.4, 0.5) is 0 Å². The molecule has 2 rings (SSSR count). The molecule has 1 aromatic carbocycles. The number of pyridine rings is 1. The van der Waals surface area contributed by atoms with Crippen LogP contribution in [0.25, 0.3) is 10.9 Å². The van der Waals surface area contributed by atoms with E-state index in [4.69, 9.17) is 12.2 Å². The largest absolute Gasteiger partial charge is 0.362 e. The molecule has 0 aliphatic heterocycles. The Morgan fingerprint density at radius 3 is 3.17 bits per heavy atom. The van der Waals surface area contributed by atoms with Gasteiger partial charge in [-0.15, -0.1) is 0 Å². The SMILES string of the molecule is CCNC(=S)N/N=C\c1ccc2ncccc2c1. The maximum atomic E-state index is 5.00. The van der Waals surface area contributed by atoms with Gasteiger partial charge in [0.15, 0.2) is 5.11 Å². The second-order valence-corrected chi connectivity index (χ2v) is 4.09. The first kappa shape index (κ1) is 12.4. The molecule has 0 aliphatic rings. The van der Waals surface area contributed by atoms with Gasteiger partial charge in [-0.2, -0.15) is 5.10 Å². The Bertz CT molecular complexity index is 580. The molecule has 0 fully saturated rings. The summed E-state index contributed by atoms with van der Waals surface area (Å²) in [5, 5.41) is 8.64. The van der Waals surface area contributed by atoms with Crippen LogP contribution in [-0.2, 0) is 0 Å². The van der Waals surface area contributed by atoms with Gasteiger partial charge >= 0.3 is 0 Å². The van der Waals surface area contributed by atoms with E-state index in [2.05, 4.69) is 20.8 Å². The number of rotatable bonds is 3. The molecule has 0 saturated carbocycles. The van der Waals surface area contributed by atoms with E-state index in [0.29, 0.717) is 5.11 Å². The summed E-state index contributed by atoms with van der Waals surface area (Å²) in [7, 11) is 0. The summed E-state index contributed by atoms with van der Waals surface area (Å²) in [4.78, 5) is 4.26. The van der Waals surface area contributed by atoms with Crippen LogP contribution in [0.3, 0.4) is 0 Å². The molecule has 0 bridgehead atoms. The lowest BCUT2D eigenvalue weighted by atomic mass is 10.1. The van der Waals surface area contributed by atoms with Gasteiger partial charge < -0.3 is 5.32 Å². The summed E-state index contributed by atoms with van der Waals surface area (Å²) in [6, 6.07) is 9.91. The van der Waals surface area contributed by atoms with E-state index in [0.717, 1.165) is 23.0 Å². The maximum Gasteiger partial charge on any atom is 0.186 e. The van der Waals surface area contributed by atoms with Crippen LogP contribution in [0, 0.1) is 0 Å². The number of fused-ring (bicyclic) bond motifs is 1. The molecular formula is C13H14N4S. The fraction of sp³-hybridized carbons (Fsp3) is 0.154. The molecule has 0 atom stereocenters. The number of benzene rings is 1. The van der Waals surface area contributed by atoms with Crippen molar-refractivity contribution in [2.45, 2.75) is 6.92 Å². The smallest absolute Gasteiger partial charge is 0.186 e. The first-order chi connectivity index (χ1) is 8.79. The Hall–Kier alpha value is -2.01. The summed E-state index contributed by atoms with van der Waals surface area (Å²) < 4.78 is 0. The Morgan fingerprint density at radius 1 is 1.44 bits per heavy atom. The van der Waals surface area contributed by atoms with Crippen LogP contribution in [0.5, 0.6) is 0 Å². The van der Waals surface area contributed by atoms with Gasteiger partial charge in [0, 0.05) is 18.1 Å². The summed E-state index contributed by atoms with van der Waals surface area (Å²) in [5.74, 6) is 0. The van der Waals surface area contributed by atoms with Crippen molar-refractivity contribution in [1.29, 1.82) is 0 Å². The molecule has 2 aromatic rings. The zero-order valence-corrected chi connectivity index (χ0v) is 10.9. The molecule has 0 aliphatic carbocycles. The summed E-state index contributed by atoms with van der Waals surface area (Å²) >= 11 is 5.00. The number of nitrogens with zero attached hydrogens (tertiary/aromatic N) is 2. The average Bonchev–Trinajstić information content (AvgIpc) is 2.39. The second-order valence-electron chi connectivity index (χ2n) is 3.68. The van der Waals surface area contributed by atoms with Crippen LogP contribution in [0.15, 0.2) is 41.6 Å². The summed E-state index contributed by atoms with van der Waals surface area (Å²) in [5.41, 5.74) is 4.73. The lowest BCUT2D eigenvalue weighted by Crippen LogP contribution is -2.31. The van der Waals surface area contributed by atoms with E-state index in [9.17, 15) is 0 Å². The minimum atomic E-state index is 0.524. The lowest BCUT2D eigenvalue weighted by molar-refractivity contribution is 0.904. The molecule has 1 heterocycles. The van der Waals surface area contributed by atoms with Crippen LogP contribution < -0.4 is 10.7 Å². The van der Waals surface area contributed by atoms with Gasteiger partial charge in [-0.3, -0.25) is 10.4 Å². The summed E-state index contributed by atoms with van der Waals surface area (Å²) in [6.07, 6.45) is 3.52. The Balaban J connectivity index is 2.07. The van der Waals surface area contributed by atoms with Crippen molar-refractivity contribution >= 4 is 34.4 Å². The highest BCUT2D eigenvalue weighted by molar-refractivity contribution is 7.80. The van der Waals surface area contributed by atoms with E-state index in [1.807, 2.05) is 37.3 Å². The zero-order valence-electron chi connectivity index (χ0n) is 10.1. The molecule has 2 N–H and O–H groups in total. The van der Waals surface area contributed by atoms with E-state index in [1.165, 1.54) is 0 Å². The van der Waals surface area contributed by atoms with Crippen molar-refractivity contribution in [3.8, 4) is 0 Å². The van der Waals surface area contributed by atoms with Crippen LogP contribution >= 0.6 is 12.2 Å². The van der Waals surface area contributed by atoms with E-state index in [-0.39, 0.29) is 0 Å². The summed E-state index contributed by atoms with van der Waals surface area (Å²) in [6.45, 7) is 2.76. The van der Waals surface area contributed by atoms with Gasteiger partial charge in [0.25, 0.3) is 0 Å². The molecule has 1 aromatic heterocycles. The predicted octanol–water partition coefficient (Wildman–Crippen LogP) is 2.05. The van der Waals surface area contributed by atoms with E-state index >= 15 is 0 Å². The molecular weight excluding hydrogens is 244 g/mol. The van der Waals surface area contributed by atoms with Gasteiger partial charge in [-0.25, -0.2) is 0 Å². The van der Waals surface area contributed by atoms with E-state index in [1.54, 1.807) is 12.4 Å². The van der Waals surface area contributed by atoms with E-state index < -0.39 is 0 Å². The van der Waals surface area contributed by atoms with Crippen molar-refractivity contribution < 1.29 is 0 Å². The first-order valence-corrected chi connectivity index (χ1v) is 6.12. The molecule has 0 unspecified atom stereocenters. The third kappa shape index (κ3) is 3.24. The number of hydrogen-bond acceptors (Lipinski definition) is 3. The van der Waals surface area contributed by atoms with Crippen LogP contribution in [0.1, 0.15) is 12.5 Å². The lowest BCUT2D eigenvalue weighted by Gasteiger charge is -2.02. The predicted molar refractivity (Wildman–Crippen MR) is 78.7 cm³/mol. The molecule has 5 heteroatoms. The maximum absolute atomic E-state index is 5.00. The minimum absolute atomic E-state index is 0.524. The standard InChI is InChI=1S/C13H14N4S/c1-2-14-13(18)17-16-9-10-5-6-12-11(8-10)4-3-7-15-12/h3-9H,2H2,1H3,(H2,14,17,18)/b16-9-. The molecule has 18 heavy (non-hydrogen) atoms. The topological polar surface area (TPSA) is 49.3 Å². The highest BCUT2D eigenvalue weighted by Crippen LogP contribution is 2.11. The number of thiocarbonyl (C=S) groups is 1. The second kappa shape index (κ2) is 6.07. The molecule has 0 saturated heterocycles. The van der Waals surface area contributed by atoms with Gasteiger partial charge in [-0.1, -0.05) is 12.1 Å². The van der Waals surface area contributed by atoms with Gasteiger partial charge in [0.2, 0.25) is 0 Å². The monoisotopic (exact) mass is 258 g/mol. The molecule has 0 spiro atoms. The highest BCUT2D eigenvalue weighted by atomic mass is 32.1. The van der Waals surface area contributed by atoms with Crippen molar-refractivity contribution in [1.82, 2.24) is 15.7 Å². The van der Waals surface area contributed by atoms with Gasteiger partial charge in [0.1, 0.15) is 0 Å². The number of aromatic nitrogens is 1. The number of hydrogen-bond donors (Lipinski definition) is 2. The number of hydrazone groups is 1. The Labute approximate surface area is 111 Å². The van der Waals surface area contributed by atoms with Crippen molar-refractivity contribution in [3.63, 3.8) is 0 Å². The Kier molecular flexibility index (Phi) is 4.20. The van der Waals surface area contributed by atoms with Crippen molar-refractivity contribution in [3.05, 3.63) is 42.1 Å². The number of nitrogens with one attached hydrogen (secondary N) is 2. The molecule has 0 radical (unpaired) electrons. The highest BCUT2D eigenvalue weighted by Gasteiger charge is 1.94. The molecule has 4 nitrogen and oxygen atoms in total. The normalized spacial score (nSPS) is 10.7. The van der Waals surface area contributed by atoms with Gasteiger partial charge in [0.05, 0.1) is 11.7 Å². The fourth-order valence-corrected chi connectivity index (χ4v) is 1.74. The third-order valence-corrected chi connectivity index (χ3v) is 2.58. The quantitative estimate of drug-likeness (QED) is 0.502. The molecule has 92 valence electrons. The average molecular weight is 258 g/mol. The zero-order chi connectivity index (χ0) is 12.8. The first-order valence-electron chi connectivity index (χ1n) is 5.71.